The summed E-state index contributed by atoms with van der Waals surface area (Å²) >= 11 is 0. The lowest BCUT2D eigenvalue weighted by atomic mass is 9.65. The third kappa shape index (κ3) is 3.55. The smallest absolute Gasteiger partial charge is 0.416 e. The van der Waals surface area contributed by atoms with Gasteiger partial charge in [0.05, 0.1) is 18.2 Å². The van der Waals surface area contributed by atoms with Crippen molar-refractivity contribution >= 4 is 5.91 Å². The molecule has 3 nitrogen and oxygen atoms in total. The van der Waals surface area contributed by atoms with Crippen LogP contribution < -0.4 is 10.1 Å². The Kier molecular flexibility index (Phi) is 4.98. The number of halogens is 4. The van der Waals surface area contributed by atoms with Crippen LogP contribution in [0, 0.1) is 17.7 Å². The summed E-state index contributed by atoms with van der Waals surface area (Å²) in [5, 5.41) is 3.06. The fraction of sp³-hybridized carbons (Fsp3) is 0.480. The summed E-state index contributed by atoms with van der Waals surface area (Å²) in [6.07, 6.45) is -0.476. The van der Waals surface area contributed by atoms with Gasteiger partial charge in [-0.15, -0.1) is 0 Å². The van der Waals surface area contributed by atoms with Crippen LogP contribution in [0.4, 0.5) is 17.6 Å². The van der Waals surface area contributed by atoms with Gasteiger partial charge in [0.1, 0.15) is 11.6 Å². The third-order valence-electron chi connectivity index (χ3n) is 7.72. The van der Waals surface area contributed by atoms with Crippen LogP contribution in [0.3, 0.4) is 0 Å². The fourth-order valence-electron chi connectivity index (χ4n) is 5.58. The first-order chi connectivity index (χ1) is 15.2. The van der Waals surface area contributed by atoms with Gasteiger partial charge in [-0.25, -0.2) is 4.39 Å². The number of rotatable bonds is 3. The minimum atomic E-state index is -4.39. The van der Waals surface area contributed by atoms with Crippen LogP contribution in [0.2, 0.25) is 0 Å². The minimum absolute atomic E-state index is 0.0243. The number of ether oxygens (including phenoxy) is 1. The number of hydrogen-bond donors (Lipinski definition) is 1. The second kappa shape index (κ2) is 7.49. The van der Waals surface area contributed by atoms with E-state index in [1.807, 2.05) is 6.92 Å². The molecule has 5 rings (SSSR count). The molecule has 2 aromatic rings. The van der Waals surface area contributed by atoms with Crippen LogP contribution in [0.25, 0.3) is 0 Å². The molecule has 0 aromatic heterocycles. The monoisotopic (exact) mass is 447 g/mol. The van der Waals surface area contributed by atoms with Crippen molar-refractivity contribution in [2.45, 2.75) is 56.7 Å². The summed E-state index contributed by atoms with van der Waals surface area (Å²) in [7, 11) is 0. The maximum atomic E-state index is 13.5. The lowest BCUT2D eigenvalue weighted by Gasteiger charge is -2.39. The van der Waals surface area contributed by atoms with E-state index in [-0.39, 0.29) is 35.0 Å². The molecule has 7 heteroatoms. The van der Waals surface area contributed by atoms with E-state index < -0.39 is 11.7 Å². The first-order valence-corrected chi connectivity index (χ1v) is 11.1. The Balaban J connectivity index is 1.22. The Morgan fingerprint density at radius 1 is 1.16 bits per heavy atom. The van der Waals surface area contributed by atoms with Crippen molar-refractivity contribution in [1.29, 1.82) is 0 Å². The molecule has 1 saturated carbocycles. The highest BCUT2D eigenvalue weighted by Gasteiger charge is 2.46. The van der Waals surface area contributed by atoms with Crippen molar-refractivity contribution in [3.63, 3.8) is 0 Å². The number of fused-ring (bicyclic) bond motifs is 3. The van der Waals surface area contributed by atoms with Crippen LogP contribution in [-0.2, 0) is 22.8 Å². The highest BCUT2D eigenvalue weighted by Crippen LogP contribution is 2.51. The van der Waals surface area contributed by atoms with E-state index in [1.165, 1.54) is 12.1 Å². The second-order valence-electron chi connectivity index (χ2n) is 9.51. The standard InChI is InChI=1S/C25H25F4NO2/c1-14(23(31)30-21-10-16-2-4-18(26)12-19(16)21)15-6-8-24(9-7-15)13-32-22-11-17(25(27,28)29)3-5-20(22)24/h2-5,11-12,14-15,21H,6-10,13H2,1H3,(H,30,31). The van der Waals surface area contributed by atoms with Crippen LogP contribution in [0.15, 0.2) is 36.4 Å². The highest BCUT2D eigenvalue weighted by atomic mass is 19.4. The molecule has 2 aromatic carbocycles. The normalized spacial score (nSPS) is 27.2. The van der Waals surface area contributed by atoms with Crippen LogP contribution in [0.5, 0.6) is 5.75 Å². The molecule has 1 fully saturated rings. The van der Waals surface area contributed by atoms with Gasteiger partial charge in [0.15, 0.2) is 0 Å². The molecule has 0 saturated heterocycles. The SMILES string of the molecule is CC(C(=O)NC1Cc2ccc(F)cc21)C1CCC2(CC1)COc1cc(C(F)(F)F)ccc12. The van der Waals surface area contributed by atoms with Gasteiger partial charge in [-0.1, -0.05) is 19.1 Å². The molecule has 1 N–H and O–H groups in total. The maximum Gasteiger partial charge on any atom is 0.416 e. The van der Waals surface area contributed by atoms with E-state index in [2.05, 4.69) is 5.32 Å². The number of hydrogen-bond acceptors (Lipinski definition) is 2. The number of carbonyl (C=O) groups is 1. The number of benzene rings is 2. The van der Waals surface area contributed by atoms with Gasteiger partial charge >= 0.3 is 6.18 Å². The van der Waals surface area contributed by atoms with Gasteiger partial charge in [-0.3, -0.25) is 4.79 Å². The summed E-state index contributed by atoms with van der Waals surface area (Å²) < 4.78 is 58.2. The molecule has 3 aliphatic rings. The van der Waals surface area contributed by atoms with Crippen LogP contribution >= 0.6 is 0 Å². The van der Waals surface area contributed by atoms with E-state index in [1.54, 1.807) is 12.1 Å². The molecular formula is C25H25F4NO2. The Labute approximate surface area is 184 Å². The van der Waals surface area contributed by atoms with Crippen molar-refractivity contribution in [2.75, 3.05) is 6.61 Å². The number of nitrogens with one attached hydrogen (secondary N) is 1. The summed E-state index contributed by atoms with van der Waals surface area (Å²) in [6.45, 7) is 2.32. The Morgan fingerprint density at radius 3 is 2.62 bits per heavy atom. The van der Waals surface area contributed by atoms with E-state index in [9.17, 15) is 22.4 Å². The van der Waals surface area contributed by atoms with Crippen LogP contribution in [-0.4, -0.2) is 12.5 Å². The lowest BCUT2D eigenvalue weighted by Crippen LogP contribution is -2.42. The summed E-state index contributed by atoms with van der Waals surface area (Å²) in [5.74, 6) is 0.0315. The zero-order chi connectivity index (χ0) is 22.7. The molecule has 170 valence electrons. The molecule has 1 amide bonds. The topological polar surface area (TPSA) is 38.3 Å². The van der Waals surface area contributed by atoms with Crippen molar-refractivity contribution in [1.82, 2.24) is 5.32 Å². The second-order valence-corrected chi connectivity index (χ2v) is 9.51. The highest BCUT2D eigenvalue weighted by molar-refractivity contribution is 5.79. The lowest BCUT2D eigenvalue weighted by molar-refractivity contribution is -0.137. The van der Waals surface area contributed by atoms with Crippen molar-refractivity contribution in [3.8, 4) is 5.75 Å². The zero-order valence-electron chi connectivity index (χ0n) is 17.8. The first-order valence-electron chi connectivity index (χ1n) is 11.1. The maximum absolute atomic E-state index is 13.5. The predicted molar refractivity (Wildman–Crippen MR) is 111 cm³/mol. The summed E-state index contributed by atoms with van der Waals surface area (Å²) in [5.41, 5.74) is 1.82. The van der Waals surface area contributed by atoms with Crippen molar-refractivity contribution in [2.24, 2.45) is 11.8 Å². The quantitative estimate of drug-likeness (QED) is 0.612. The van der Waals surface area contributed by atoms with Gasteiger partial charge in [-0.2, -0.15) is 13.2 Å². The van der Waals surface area contributed by atoms with Crippen LogP contribution in [0.1, 0.15) is 60.9 Å². The van der Waals surface area contributed by atoms with Crippen molar-refractivity contribution < 1.29 is 27.1 Å². The Bertz CT molecular complexity index is 1060. The number of alkyl halides is 3. The molecule has 2 aliphatic carbocycles. The summed E-state index contributed by atoms with van der Waals surface area (Å²) in [6, 6.07) is 8.35. The molecule has 32 heavy (non-hydrogen) atoms. The average Bonchev–Trinajstić information content (AvgIpc) is 3.10. The molecule has 0 bridgehead atoms. The fourth-order valence-corrected chi connectivity index (χ4v) is 5.58. The Hall–Kier alpha value is -2.57. The molecule has 1 spiro atoms. The molecule has 2 atom stereocenters. The number of amides is 1. The van der Waals surface area contributed by atoms with Gasteiger partial charge in [-0.05, 0) is 73.4 Å². The number of carbonyl (C=O) groups excluding carboxylic acids is 1. The largest absolute Gasteiger partial charge is 0.492 e. The Morgan fingerprint density at radius 2 is 1.91 bits per heavy atom. The molecule has 0 radical (unpaired) electrons. The van der Waals surface area contributed by atoms with E-state index in [0.29, 0.717) is 12.4 Å². The van der Waals surface area contributed by atoms with Gasteiger partial charge in [0.25, 0.3) is 0 Å². The minimum Gasteiger partial charge on any atom is -0.492 e. The molecule has 1 heterocycles. The first kappa shape index (κ1) is 21.3. The average molecular weight is 447 g/mol. The summed E-state index contributed by atoms with van der Waals surface area (Å²) in [4.78, 5) is 12.8. The predicted octanol–water partition coefficient (Wildman–Crippen LogP) is 5.71. The van der Waals surface area contributed by atoms with E-state index in [4.69, 9.17) is 4.74 Å². The van der Waals surface area contributed by atoms with E-state index in [0.717, 1.165) is 60.9 Å². The third-order valence-corrected chi connectivity index (χ3v) is 7.72. The van der Waals surface area contributed by atoms with Crippen molar-refractivity contribution in [3.05, 3.63) is 64.5 Å². The molecule has 2 unspecified atom stereocenters. The van der Waals surface area contributed by atoms with Gasteiger partial charge < -0.3 is 10.1 Å². The van der Waals surface area contributed by atoms with Gasteiger partial charge in [0, 0.05) is 16.9 Å². The van der Waals surface area contributed by atoms with E-state index >= 15 is 0 Å². The molecular weight excluding hydrogens is 422 g/mol. The zero-order valence-corrected chi connectivity index (χ0v) is 17.8. The van der Waals surface area contributed by atoms with Gasteiger partial charge in [0.2, 0.25) is 5.91 Å². The molecule has 1 aliphatic heterocycles.